The van der Waals surface area contributed by atoms with Gasteiger partial charge in [0.25, 0.3) is 0 Å². The van der Waals surface area contributed by atoms with E-state index in [2.05, 4.69) is 0 Å². The van der Waals surface area contributed by atoms with E-state index >= 15 is 0 Å². The summed E-state index contributed by atoms with van der Waals surface area (Å²) in [5.74, 6) is -0.745. The molecule has 0 amide bonds. The summed E-state index contributed by atoms with van der Waals surface area (Å²) in [5.41, 5.74) is 0. The molecule has 0 aromatic carbocycles. The maximum atomic E-state index is 9.37. The van der Waals surface area contributed by atoms with E-state index in [0.29, 0.717) is 0 Å². The third-order valence-electron chi connectivity index (χ3n) is 0.302. The standard InChI is InChI=1S/C3H6O2.O.Pt/c1-2-3(4)5;;/h2H2,1H3,(H,4,5);;. The van der Waals surface area contributed by atoms with Gasteiger partial charge in [0.1, 0.15) is 0 Å². The van der Waals surface area contributed by atoms with E-state index in [1.807, 2.05) is 0 Å². The zero-order valence-corrected chi connectivity index (χ0v) is 6.06. The summed E-state index contributed by atoms with van der Waals surface area (Å²) < 4.78 is 8.22. The summed E-state index contributed by atoms with van der Waals surface area (Å²) in [5, 5.41) is 7.72. The van der Waals surface area contributed by atoms with Gasteiger partial charge in [-0.3, -0.25) is 4.79 Å². The fraction of sp³-hybridized carbons (Fsp3) is 0.667. The average Bonchev–Trinajstić information content (AvgIpc) is 1.73. The van der Waals surface area contributed by atoms with E-state index in [9.17, 15) is 4.79 Å². The first-order valence-corrected chi connectivity index (χ1v) is 2.55. The number of carboxylic acid groups (broad SMARTS) is 1. The summed E-state index contributed by atoms with van der Waals surface area (Å²) in [6.45, 7) is 1.60. The SMILES string of the molecule is CCC(=O)O.[O]=[Pt]. The van der Waals surface area contributed by atoms with Crippen LogP contribution in [0, 0.1) is 0 Å². The van der Waals surface area contributed by atoms with Crippen molar-refractivity contribution in [1.82, 2.24) is 0 Å². The first kappa shape index (κ1) is 10.0. The fourth-order valence-corrected chi connectivity index (χ4v) is 0. The molecule has 0 radical (unpaired) electrons. The second-order valence-corrected chi connectivity index (χ2v) is 0.747. The molecule has 0 bridgehead atoms. The van der Waals surface area contributed by atoms with Crippen LogP contribution in [0.25, 0.3) is 0 Å². The first-order valence-electron chi connectivity index (χ1n) is 1.62. The Hall–Kier alpha value is -0.0417. The van der Waals surface area contributed by atoms with E-state index in [1.54, 1.807) is 6.92 Å². The van der Waals surface area contributed by atoms with Crippen molar-refractivity contribution in [3.8, 4) is 0 Å². The summed E-state index contributed by atoms with van der Waals surface area (Å²) in [6, 6.07) is 0. The Balaban J connectivity index is 0. The van der Waals surface area contributed by atoms with Crippen LogP contribution in [0.3, 0.4) is 0 Å². The van der Waals surface area contributed by atoms with Crippen LogP contribution < -0.4 is 0 Å². The van der Waals surface area contributed by atoms with Crippen molar-refractivity contribution in [2.24, 2.45) is 0 Å². The molecule has 1 N–H and O–H groups in total. The normalized spacial score (nSPS) is 6.14. The zero-order chi connectivity index (χ0) is 6.28. The van der Waals surface area contributed by atoms with Crippen molar-refractivity contribution in [1.29, 1.82) is 0 Å². The van der Waals surface area contributed by atoms with Gasteiger partial charge in [-0.15, -0.1) is 0 Å². The van der Waals surface area contributed by atoms with Gasteiger partial charge in [0.15, 0.2) is 0 Å². The molecule has 0 unspecified atom stereocenters. The Bertz CT molecular complexity index is 54.1. The van der Waals surface area contributed by atoms with Crippen LogP contribution in [0.2, 0.25) is 0 Å². The van der Waals surface area contributed by atoms with Crippen molar-refractivity contribution < 1.29 is 33.1 Å². The van der Waals surface area contributed by atoms with E-state index < -0.39 is 5.97 Å². The molecule has 0 spiro atoms. The monoisotopic (exact) mass is 285 g/mol. The summed E-state index contributed by atoms with van der Waals surface area (Å²) >= 11 is 0.889. The van der Waals surface area contributed by atoms with Crippen molar-refractivity contribution >= 4 is 5.97 Å². The Morgan fingerprint density at radius 3 is 1.86 bits per heavy atom. The molecule has 0 aliphatic heterocycles. The number of hydrogen-bond acceptors (Lipinski definition) is 2. The van der Waals surface area contributed by atoms with Crippen LogP contribution in [-0.2, 0) is 28.0 Å². The molecule has 3 nitrogen and oxygen atoms in total. The third kappa shape index (κ3) is 24.3. The van der Waals surface area contributed by atoms with Gasteiger partial charge in [-0.05, 0) is 0 Å². The van der Waals surface area contributed by atoms with Gasteiger partial charge in [0.05, 0.1) is 0 Å². The molecule has 0 rings (SSSR count). The van der Waals surface area contributed by atoms with Crippen molar-refractivity contribution in [3.63, 3.8) is 0 Å². The molecule has 0 fully saturated rings. The summed E-state index contributed by atoms with van der Waals surface area (Å²) in [4.78, 5) is 9.37. The summed E-state index contributed by atoms with van der Waals surface area (Å²) in [7, 11) is 0. The van der Waals surface area contributed by atoms with Crippen LogP contribution in [0.1, 0.15) is 13.3 Å². The molecule has 0 aliphatic rings. The molecule has 4 heteroatoms. The molecule has 0 aromatic rings. The van der Waals surface area contributed by atoms with Crippen LogP contribution >= 0.6 is 0 Å². The van der Waals surface area contributed by atoms with Gasteiger partial charge in [0, 0.05) is 6.42 Å². The van der Waals surface area contributed by atoms with Gasteiger partial charge in [-0.1, -0.05) is 6.92 Å². The number of aliphatic carboxylic acids is 1. The third-order valence-corrected chi connectivity index (χ3v) is 0.302. The maximum absolute atomic E-state index is 9.37. The Morgan fingerprint density at radius 2 is 1.86 bits per heavy atom. The molecule has 0 aromatic heterocycles. The quantitative estimate of drug-likeness (QED) is 0.757. The van der Waals surface area contributed by atoms with E-state index in [-0.39, 0.29) is 6.42 Å². The average molecular weight is 285 g/mol. The van der Waals surface area contributed by atoms with E-state index in [4.69, 9.17) is 8.50 Å². The van der Waals surface area contributed by atoms with Crippen LogP contribution in [0.5, 0.6) is 0 Å². The van der Waals surface area contributed by atoms with Crippen molar-refractivity contribution in [2.75, 3.05) is 0 Å². The van der Waals surface area contributed by atoms with Crippen molar-refractivity contribution in [2.45, 2.75) is 13.3 Å². The van der Waals surface area contributed by atoms with E-state index in [1.165, 1.54) is 0 Å². The van der Waals surface area contributed by atoms with Gasteiger partial charge < -0.3 is 5.11 Å². The molecule has 46 valence electrons. The Kier molecular flexibility index (Phi) is 13.4. The zero-order valence-electron chi connectivity index (χ0n) is 3.79. The Morgan fingerprint density at radius 1 is 1.71 bits per heavy atom. The molecule has 0 saturated carbocycles. The van der Waals surface area contributed by atoms with Crippen molar-refractivity contribution in [3.05, 3.63) is 0 Å². The minimum atomic E-state index is -0.745. The molecule has 0 saturated heterocycles. The molecule has 0 heterocycles. The molecular formula is C3H6O3Pt. The predicted molar refractivity (Wildman–Crippen MR) is 18.6 cm³/mol. The van der Waals surface area contributed by atoms with Crippen LogP contribution in [0.15, 0.2) is 0 Å². The summed E-state index contributed by atoms with van der Waals surface area (Å²) in [6.07, 6.45) is 0.222. The van der Waals surface area contributed by atoms with Gasteiger partial charge in [-0.25, -0.2) is 0 Å². The van der Waals surface area contributed by atoms with Crippen LogP contribution in [-0.4, -0.2) is 11.1 Å². The molecule has 0 aliphatic carbocycles. The molecule has 0 atom stereocenters. The minimum absolute atomic E-state index is 0.222. The first-order chi connectivity index (χ1) is 3.27. The van der Waals surface area contributed by atoms with Crippen LogP contribution in [0.4, 0.5) is 0 Å². The number of rotatable bonds is 1. The fourth-order valence-electron chi connectivity index (χ4n) is 0. The number of hydrogen-bond donors (Lipinski definition) is 1. The second-order valence-electron chi connectivity index (χ2n) is 0.747. The van der Waals surface area contributed by atoms with Gasteiger partial charge >= 0.3 is 29.1 Å². The van der Waals surface area contributed by atoms with Gasteiger partial charge in [-0.2, -0.15) is 0 Å². The second kappa shape index (κ2) is 9.35. The molecular weight excluding hydrogens is 279 g/mol. The van der Waals surface area contributed by atoms with E-state index in [0.717, 1.165) is 19.8 Å². The topological polar surface area (TPSA) is 54.4 Å². The van der Waals surface area contributed by atoms with Gasteiger partial charge in [0.2, 0.25) is 0 Å². The molecule has 7 heavy (non-hydrogen) atoms. The number of carboxylic acids is 1. The number of carbonyl (C=O) groups is 1. The predicted octanol–water partition coefficient (Wildman–Crippen LogP) is 0.360. The Labute approximate surface area is 52.9 Å².